The Hall–Kier alpha value is -0.440. The van der Waals surface area contributed by atoms with Gasteiger partial charge >= 0.3 is 0 Å². The molecular weight excluding hydrogens is 209 g/mol. The first kappa shape index (κ1) is 8.65. The van der Waals surface area contributed by atoms with Crippen molar-refractivity contribution in [2.45, 2.75) is 19.8 Å². The van der Waals surface area contributed by atoms with E-state index in [-0.39, 0.29) is 11.7 Å². The van der Waals surface area contributed by atoms with Crippen LogP contribution in [0.2, 0.25) is 0 Å². The van der Waals surface area contributed by atoms with Gasteiger partial charge in [0.05, 0.1) is 5.69 Å². The molecule has 0 bridgehead atoms. The molecule has 1 rings (SSSR count). The van der Waals surface area contributed by atoms with Crippen molar-refractivity contribution < 1.29 is 4.39 Å². The van der Waals surface area contributed by atoms with Crippen molar-refractivity contribution in [2.75, 3.05) is 0 Å². The second-order valence-electron chi connectivity index (χ2n) is 2.66. The average Bonchev–Trinajstić information content (AvgIpc) is 1.94. The van der Waals surface area contributed by atoms with Crippen LogP contribution in [-0.2, 0) is 0 Å². The van der Waals surface area contributed by atoms with Gasteiger partial charge in [0.2, 0.25) is 0 Å². The van der Waals surface area contributed by atoms with Crippen molar-refractivity contribution in [1.29, 1.82) is 0 Å². The van der Waals surface area contributed by atoms with Crippen LogP contribution in [-0.4, -0.2) is 4.98 Å². The molecule has 0 atom stereocenters. The number of aromatic nitrogens is 1. The molecule has 0 N–H and O–H groups in total. The van der Waals surface area contributed by atoms with Gasteiger partial charge in [-0.15, -0.1) is 0 Å². The predicted molar refractivity (Wildman–Crippen MR) is 46.0 cm³/mol. The van der Waals surface area contributed by atoms with Crippen LogP contribution in [0.25, 0.3) is 0 Å². The zero-order chi connectivity index (χ0) is 8.43. The topological polar surface area (TPSA) is 12.9 Å². The van der Waals surface area contributed by atoms with E-state index >= 15 is 0 Å². The minimum atomic E-state index is -0.233. The lowest BCUT2D eigenvalue weighted by molar-refractivity contribution is 0.583. The smallest absolute Gasteiger partial charge is 0.145 e. The van der Waals surface area contributed by atoms with E-state index in [1.54, 1.807) is 6.07 Å². The number of halogens is 2. The van der Waals surface area contributed by atoms with E-state index in [4.69, 9.17) is 0 Å². The summed E-state index contributed by atoms with van der Waals surface area (Å²) in [6.07, 6.45) is 0. The monoisotopic (exact) mass is 217 g/mol. The summed E-state index contributed by atoms with van der Waals surface area (Å²) in [5.41, 5.74) is 0.513. The van der Waals surface area contributed by atoms with E-state index in [2.05, 4.69) is 20.9 Å². The summed E-state index contributed by atoms with van der Waals surface area (Å²) >= 11 is 3.19. The highest BCUT2D eigenvalue weighted by Gasteiger charge is 2.07. The Morgan fingerprint density at radius 1 is 1.45 bits per heavy atom. The SMILES string of the molecule is CC(C)c1nc(Br)ccc1F. The van der Waals surface area contributed by atoms with Gasteiger partial charge in [-0.3, -0.25) is 0 Å². The van der Waals surface area contributed by atoms with E-state index in [1.165, 1.54) is 6.07 Å². The van der Waals surface area contributed by atoms with Gasteiger partial charge in [-0.1, -0.05) is 13.8 Å². The maximum atomic E-state index is 12.9. The first-order valence-corrected chi connectivity index (χ1v) is 4.22. The lowest BCUT2D eigenvalue weighted by atomic mass is 10.1. The zero-order valence-corrected chi connectivity index (χ0v) is 8.02. The lowest BCUT2D eigenvalue weighted by Crippen LogP contribution is -1.96. The largest absolute Gasteiger partial charge is 0.243 e. The Kier molecular flexibility index (Phi) is 2.60. The van der Waals surface area contributed by atoms with Crippen molar-refractivity contribution in [2.24, 2.45) is 0 Å². The third kappa shape index (κ3) is 1.99. The van der Waals surface area contributed by atoms with Crippen LogP contribution >= 0.6 is 15.9 Å². The van der Waals surface area contributed by atoms with E-state index < -0.39 is 0 Å². The molecule has 0 aliphatic rings. The second kappa shape index (κ2) is 3.30. The summed E-state index contributed by atoms with van der Waals surface area (Å²) in [7, 11) is 0. The van der Waals surface area contributed by atoms with Crippen LogP contribution in [0.5, 0.6) is 0 Å². The van der Waals surface area contributed by atoms with Crippen LogP contribution < -0.4 is 0 Å². The van der Waals surface area contributed by atoms with E-state index in [1.807, 2.05) is 13.8 Å². The van der Waals surface area contributed by atoms with Gasteiger partial charge in [0, 0.05) is 0 Å². The molecule has 0 unspecified atom stereocenters. The molecule has 0 saturated heterocycles. The van der Waals surface area contributed by atoms with Crippen LogP contribution in [0.4, 0.5) is 4.39 Å². The zero-order valence-electron chi connectivity index (χ0n) is 6.44. The van der Waals surface area contributed by atoms with E-state index in [0.29, 0.717) is 10.3 Å². The van der Waals surface area contributed by atoms with Crippen LogP contribution in [0.3, 0.4) is 0 Å². The Morgan fingerprint density at radius 2 is 2.09 bits per heavy atom. The van der Waals surface area contributed by atoms with Crippen molar-refractivity contribution in [1.82, 2.24) is 4.98 Å². The molecular formula is C8H9BrFN. The molecule has 0 aliphatic carbocycles. The Bertz CT molecular complexity index is 260. The summed E-state index contributed by atoms with van der Waals surface area (Å²) in [5.74, 6) is -0.101. The highest BCUT2D eigenvalue weighted by Crippen LogP contribution is 2.18. The van der Waals surface area contributed by atoms with Gasteiger partial charge in [-0.05, 0) is 34.0 Å². The minimum absolute atomic E-state index is 0.132. The molecule has 1 nitrogen and oxygen atoms in total. The summed E-state index contributed by atoms with van der Waals surface area (Å²) < 4.78 is 13.6. The Morgan fingerprint density at radius 3 is 2.55 bits per heavy atom. The number of rotatable bonds is 1. The van der Waals surface area contributed by atoms with Crippen LogP contribution in [0, 0.1) is 5.82 Å². The van der Waals surface area contributed by atoms with Crippen molar-refractivity contribution in [3.63, 3.8) is 0 Å². The van der Waals surface area contributed by atoms with E-state index in [9.17, 15) is 4.39 Å². The fourth-order valence-corrected chi connectivity index (χ4v) is 1.16. The first-order chi connectivity index (χ1) is 5.11. The Labute approximate surface area is 73.8 Å². The number of nitrogens with zero attached hydrogens (tertiary/aromatic N) is 1. The summed E-state index contributed by atoms with van der Waals surface area (Å²) in [6.45, 7) is 3.83. The number of hydrogen-bond donors (Lipinski definition) is 0. The molecule has 0 aromatic carbocycles. The van der Waals surface area contributed by atoms with Gasteiger partial charge in [0.15, 0.2) is 0 Å². The molecule has 0 aliphatic heterocycles. The van der Waals surface area contributed by atoms with Crippen molar-refractivity contribution in [3.8, 4) is 0 Å². The molecule has 1 heterocycles. The number of hydrogen-bond acceptors (Lipinski definition) is 1. The summed E-state index contributed by atoms with van der Waals surface area (Å²) in [4.78, 5) is 4.01. The predicted octanol–water partition coefficient (Wildman–Crippen LogP) is 3.11. The molecule has 1 aromatic heterocycles. The van der Waals surface area contributed by atoms with E-state index in [0.717, 1.165) is 0 Å². The van der Waals surface area contributed by atoms with Gasteiger partial charge in [-0.2, -0.15) is 0 Å². The molecule has 60 valence electrons. The highest BCUT2D eigenvalue weighted by atomic mass is 79.9. The highest BCUT2D eigenvalue weighted by molar-refractivity contribution is 9.10. The molecule has 1 aromatic rings. The Balaban J connectivity index is 3.13. The maximum absolute atomic E-state index is 12.9. The molecule has 0 amide bonds. The van der Waals surface area contributed by atoms with Crippen LogP contribution in [0.15, 0.2) is 16.7 Å². The standard InChI is InChI=1S/C8H9BrFN/c1-5(2)8-6(10)3-4-7(9)11-8/h3-5H,1-2H3. The lowest BCUT2D eigenvalue weighted by Gasteiger charge is -2.04. The average molecular weight is 218 g/mol. The molecule has 0 spiro atoms. The van der Waals surface area contributed by atoms with Crippen LogP contribution in [0.1, 0.15) is 25.5 Å². The van der Waals surface area contributed by atoms with Gasteiger partial charge < -0.3 is 0 Å². The first-order valence-electron chi connectivity index (χ1n) is 3.43. The normalized spacial score (nSPS) is 10.6. The third-order valence-corrected chi connectivity index (χ3v) is 1.83. The summed E-state index contributed by atoms with van der Waals surface area (Å²) in [6, 6.07) is 3.02. The van der Waals surface area contributed by atoms with Gasteiger partial charge in [-0.25, -0.2) is 9.37 Å². The minimum Gasteiger partial charge on any atom is -0.243 e. The third-order valence-electron chi connectivity index (χ3n) is 1.39. The fraction of sp³-hybridized carbons (Fsp3) is 0.375. The fourth-order valence-electron chi connectivity index (χ4n) is 0.838. The quantitative estimate of drug-likeness (QED) is 0.660. The molecule has 0 fully saturated rings. The molecule has 3 heteroatoms. The molecule has 0 radical (unpaired) electrons. The van der Waals surface area contributed by atoms with Gasteiger partial charge in [0.1, 0.15) is 10.4 Å². The van der Waals surface area contributed by atoms with Crippen molar-refractivity contribution >= 4 is 15.9 Å². The molecule has 0 saturated carbocycles. The van der Waals surface area contributed by atoms with Gasteiger partial charge in [0.25, 0.3) is 0 Å². The molecule has 11 heavy (non-hydrogen) atoms. The second-order valence-corrected chi connectivity index (χ2v) is 3.47. The van der Waals surface area contributed by atoms with Crippen molar-refractivity contribution in [3.05, 3.63) is 28.2 Å². The summed E-state index contributed by atoms with van der Waals surface area (Å²) in [5, 5.41) is 0. The number of pyridine rings is 1. The maximum Gasteiger partial charge on any atom is 0.145 e.